The van der Waals surface area contributed by atoms with Crippen molar-refractivity contribution in [1.82, 2.24) is 15.6 Å². The SMILES string of the molecule is CCOc1c(CCNCC2CC2)cc([C@@](O)(CNC(=O)c2ccc(OC(F)F)c(OC)c2)C(F)(F)F)nc1-c1ccc(F)cc1. The van der Waals surface area contributed by atoms with Gasteiger partial charge in [-0.2, -0.15) is 22.0 Å². The number of aromatic nitrogens is 1. The molecule has 8 nitrogen and oxygen atoms in total. The van der Waals surface area contributed by atoms with Gasteiger partial charge in [0.1, 0.15) is 17.3 Å². The number of methoxy groups -OCH3 is 1. The maximum Gasteiger partial charge on any atom is 0.424 e. The molecule has 244 valence electrons. The summed E-state index contributed by atoms with van der Waals surface area (Å²) in [6, 6.07) is 9.07. The van der Waals surface area contributed by atoms with E-state index in [1.54, 1.807) is 6.92 Å². The number of rotatable bonds is 15. The number of carbonyl (C=O) groups excluding carboxylic acids is 1. The zero-order valence-electron chi connectivity index (χ0n) is 24.5. The second-order valence-corrected chi connectivity index (χ2v) is 10.5. The van der Waals surface area contributed by atoms with Gasteiger partial charge >= 0.3 is 12.8 Å². The highest BCUT2D eigenvalue weighted by Gasteiger charge is 2.56. The van der Waals surface area contributed by atoms with Gasteiger partial charge in [0.05, 0.1) is 26.0 Å². The lowest BCUT2D eigenvalue weighted by Crippen LogP contribution is -2.51. The van der Waals surface area contributed by atoms with E-state index in [9.17, 15) is 36.2 Å². The Bertz CT molecular complexity index is 1470. The number of carbonyl (C=O) groups is 1. The molecule has 2 aromatic carbocycles. The minimum atomic E-state index is -5.32. The summed E-state index contributed by atoms with van der Waals surface area (Å²) < 4.78 is 98.1. The predicted octanol–water partition coefficient (Wildman–Crippen LogP) is 5.62. The molecule has 3 aromatic rings. The fourth-order valence-corrected chi connectivity index (χ4v) is 4.59. The molecule has 14 heteroatoms. The number of nitrogens with zero attached hydrogens (tertiary/aromatic N) is 1. The Morgan fingerprint density at radius 1 is 1.09 bits per heavy atom. The van der Waals surface area contributed by atoms with E-state index >= 15 is 0 Å². The van der Waals surface area contributed by atoms with Crippen LogP contribution in [-0.2, 0) is 12.0 Å². The number of hydrogen-bond donors (Lipinski definition) is 3. The van der Waals surface area contributed by atoms with Crippen molar-refractivity contribution in [2.75, 3.05) is 33.4 Å². The number of nitrogens with one attached hydrogen (secondary N) is 2. The molecular formula is C31H33F6N3O5. The van der Waals surface area contributed by atoms with Crippen molar-refractivity contribution in [2.45, 2.75) is 44.6 Å². The monoisotopic (exact) mass is 641 g/mol. The fourth-order valence-electron chi connectivity index (χ4n) is 4.59. The topological polar surface area (TPSA) is 102 Å². The molecule has 3 N–H and O–H groups in total. The molecule has 0 radical (unpaired) electrons. The molecule has 0 spiro atoms. The Morgan fingerprint density at radius 2 is 1.80 bits per heavy atom. The first-order chi connectivity index (χ1) is 21.4. The molecule has 0 bridgehead atoms. The van der Waals surface area contributed by atoms with Gasteiger partial charge in [0.15, 0.2) is 11.5 Å². The Balaban J connectivity index is 1.71. The van der Waals surface area contributed by atoms with E-state index < -0.39 is 42.4 Å². The van der Waals surface area contributed by atoms with Crippen molar-refractivity contribution in [3.05, 3.63) is 71.2 Å². The van der Waals surface area contributed by atoms with Gasteiger partial charge in [-0.1, -0.05) is 0 Å². The number of benzene rings is 2. The first kappa shape index (κ1) is 33.8. The van der Waals surface area contributed by atoms with Crippen LogP contribution in [0.5, 0.6) is 17.2 Å². The molecular weight excluding hydrogens is 608 g/mol. The van der Waals surface area contributed by atoms with E-state index in [4.69, 9.17) is 9.47 Å². The molecule has 1 aromatic heterocycles. The van der Waals surface area contributed by atoms with E-state index in [1.807, 2.05) is 0 Å². The van der Waals surface area contributed by atoms with E-state index in [1.165, 1.54) is 12.1 Å². The minimum Gasteiger partial charge on any atom is -0.493 e. The van der Waals surface area contributed by atoms with E-state index in [0.717, 1.165) is 62.9 Å². The van der Waals surface area contributed by atoms with Crippen LogP contribution < -0.4 is 24.8 Å². The molecule has 45 heavy (non-hydrogen) atoms. The Kier molecular flexibility index (Phi) is 10.8. The molecule has 1 saturated carbocycles. The summed E-state index contributed by atoms with van der Waals surface area (Å²) in [5, 5.41) is 16.6. The van der Waals surface area contributed by atoms with Gasteiger partial charge in [0.25, 0.3) is 5.91 Å². The molecule has 1 aliphatic carbocycles. The average Bonchev–Trinajstić information content (AvgIpc) is 3.83. The van der Waals surface area contributed by atoms with Gasteiger partial charge < -0.3 is 30.0 Å². The molecule has 1 aliphatic rings. The summed E-state index contributed by atoms with van der Waals surface area (Å²) in [6.07, 6.45) is -2.89. The maximum atomic E-state index is 14.7. The highest BCUT2D eigenvalue weighted by molar-refractivity contribution is 5.95. The summed E-state index contributed by atoms with van der Waals surface area (Å²) in [5.74, 6) is -1.53. The molecule has 0 saturated heterocycles. The average molecular weight is 642 g/mol. The first-order valence-electron chi connectivity index (χ1n) is 14.2. The Labute approximate surface area is 255 Å². The number of ether oxygens (including phenoxy) is 3. The van der Waals surface area contributed by atoms with Crippen LogP contribution in [0.15, 0.2) is 48.5 Å². The number of hydrogen-bond acceptors (Lipinski definition) is 7. The van der Waals surface area contributed by atoms with Crippen LogP contribution in [0, 0.1) is 11.7 Å². The Morgan fingerprint density at radius 3 is 2.40 bits per heavy atom. The van der Waals surface area contributed by atoms with Crippen LogP contribution in [-0.4, -0.2) is 62.1 Å². The van der Waals surface area contributed by atoms with Gasteiger partial charge in [-0.3, -0.25) is 4.79 Å². The number of halogens is 6. The van der Waals surface area contributed by atoms with Crippen LogP contribution in [0.3, 0.4) is 0 Å². The second kappa shape index (κ2) is 14.4. The molecule has 1 heterocycles. The maximum absolute atomic E-state index is 14.7. The minimum absolute atomic E-state index is 0.0418. The molecule has 0 unspecified atom stereocenters. The predicted molar refractivity (Wildman–Crippen MR) is 152 cm³/mol. The third-order valence-electron chi connectivity index (χ3n) is 7.20. The van der Waals surface area contributed by atoms with E-state index in [-0.39, 0.29) is 47.1 Å². The quantitative estimate of drug-likeness (QED) is 0.146. The number of amides is 1. The van der Waals surface area contributed by atoms with Crippen LogP contribution in [0.25, 0.3) is 11.3 Å². The molecule has 1 atom stereocenters. The summed E-state index contributed by atoms with van der Waals surface area (Å²) in [4.78, 5) is 17.1. The second-order valence-electron chi connectivity index (χ2n) is 10.5. The van der Waals surface area contributed by atoms with E-state index in [2.05, 4.69) is 20.4 Å². The summed E-state index contributed by atoms with van der Waals surface area (Å²) >= 11 is 0. The van der Waals surface area contributed by atoms with Gasteiger partial charge in [0, 0.05) is 11.1 Å². The normalized spacial score (nSPS) is 14.6. The third kappa shape index (κ3) is 8.37. The number of alkyl halides is 5. The zero-order chi connectivity index (χ0) is 32.8. The van der Waals surface area contributed by atoms with Gasteiger partial charge in [0.2, 0.25) is 5.60 Å². The fraction of sp³-hybridized carbons (Fsp3) is 0.419. The zero-order valence-corrected chi connectivity index (χ0v) is 24.5. The summed E-state index contributed by atoms with van der Waals surface area (Å²) in [6.45, 7) is -1.53. The standard InChI is InChI=1S/C31H33F6N3O5/c1-3-44-27-20(12-13-38-16-18-4-5-18)15-25(40-26(27)19-6-9-22(32)10-7-19)30(42,31(35,36)37)17-39-28(41)21-8-11-23(45-29(33)34)24(14-21)43-2/h6-11,14-15,18,29,38,42H,3-5,12-13,16-17H2,1-2H3,(H,39,41)/t30-/m0/s1. The lowest BCUT2D eigenvalue weighted by molar-refractivity contribution is -0.265. The van der Waals surface area contributed by atoms with Crippen LogP contribution in [0.2, 0.25) is 0 Å². The van der Waals surface area contributed by atoms with Crippen LogP contribution in [0.1, 0.15) is 41.4 Å². The van der Waals surface area contributed by atoms with Gasteiger partial charge in [-0.05, 0) is 99.3 Å². The summed E-state index contributed by atoms with van der Waals surface area (Å²) in [5.41, 5.74) is -4.21. The van der Waals surface area contributed by atoms with Crippen molar-refractivity contribution >= 4 is 5.91 Å². The molecule has 0 aliphatic heterocycles. The summed E-state index contributed by atoms with van der Waals surface area (Å²) in [7, 11) is 1.13. The van der Waals surface area contributed by atoms with Gasteiger partial charge in [-0.25, -0.2) is 9.37 Å². The smallest absolute Gasteiger partial charge is 0.424 e. The third-order valence-corrected chi connectivity index (χ3v) is 7.20. The largest absolute Gasteiger partial charge is 0.493 e. The lowest BCUT2D eigenvalue weighted by Gasteiger charge is -2.31. The van der Waals surface area contributed by atoms with Crippen molar-refractivity contribution in [2.24, 2.45) is 5.92 Å². The van der Waals surface area contributed by atoms with Crippen molar-refractivity contribution in [1.29, 1.82) is 0 Å². The van der Waals surface area contributed by atoms with Gasteiger partial charge in [-0.15, -0.1) is 0 Å². The molecule has 4 rings (SSSR count). The molecule has 1 amide bonds. The van der Waals surface area contributed by atoms with Crippen molar-refractivity contribution in [3.63, 3.8) is 0 Å². The highest BCUT2D eigenvalue weighted by atomic mass is 19.4. The highest BCUT2D eigenvalue weighted by Crippen LogP contribution is 2.42. The van der Waals surface area contributed by atoms with Crippen molar-refractivity contribution < 1.29 is 50.5 Å². The van der Waals surface area contributed by atoms with E-state index in [0.29, 0.717) is 18.0 Å². The molecule has 1 fully saturated rings. The van der Waals surface area contributed by atoms with Crippen LogP contribution in [0.4, 0.5) is 26.3 Å². The number of aliphatic hydroxyl groups is 1. The first-order valence-corrected chi connectivity index (χ1v) is 14.2. The Hall–Kier alpha value is -4.04. The lowest BCUT2D eigenvalue weighted by atomic mass is 9.93. The van der Waals surface area contributed by atoms with Crippen molar-refractivity contribution in [3.8, 4) is 28.5 Å². The number of pyridine rings is 1. The van der Waals surface area contributed by atoms with Crippen LogP contribution >= 0.6 is 0 Å².